The molecule has 1 aliphatic rings. The number of benzene rings is 1. The van der Waals surface area contributed by atoms with Crippen LogP contribution in [0, 0.1) is 6.92 Å². The number of nitrogens with zero attached hydrogens (tertiary/aromatic N) is 2. The van der Waals surface area contributed by atoms with Gasteiger partial charge in [-0.3, -0.25) is 0 Å². The van der Waals surface area contributed by atoms with E-state index in [1.807, 2.05) is 18.2 Å². The van der Waals surface area contributed by atoms with Crippen LogP contribution in [0.1, 0.15) is 42.9 Å². The van der Waals surface area contributed by atoms with Crippen LogP contribution in [-0.2, 0) is 0 Å². The molecule has 1 saturated carbocycles. The third kappa shape index (κ3) is 3.09. The van der Waals surface area contributed by atoms with Crippen LogP contribution in [0.2, 0.25) is 0 Å². The fourth-order valence-electron chi connectivity index (χ4n) is 2.88. The van der Waals surface area contributed by atoms with Crippen LogP contribution in [0.3, 0.4) is 0 Å². The minimum Gasteiger partial charge on any atom is -0.308 e. The van der Waals surface area contributed by atoms with Crippen LogP contribution in [0.5, 0.6) is 0 Å². The third-order valence-corrected chi connectivity index (χ3v) is 4.97. The Morgan fingerprint density at radius 3 is 2.62 bits per heavy atom. The summed E-state index contributed by atoms with van der Waals surface area (Å²) in [6.07, 6.45) is 4.99. The highest BCUT2D eigenvalue weighted by Gasteiger charge is 2.20. The Balaban J connectivity index is 2.04. The molecule has 21 heavy (non-hydrogen) atoms. The molecule has 0 atom stereocenters. The largest absolute Gasteiger partial charge is 0.308 e. The van der Waals surface area contributed by atoms with Gasteiger partial charge in [0.1, 0.15) is 5.82 Å². The summed E-state index contributed by atoms with van der Waals surface area (Å²) < 4.78 is 1.09. The molecular formula is C16H19BrN4. The van der Waals surface area contributed by atoms with Gasteiger partial charge in [-0.1, -0.05) is 34.8 Å². The number of rotatable bonds is 3. The van der Waals surface area contributed by atoms with Crippen molar-refractivity contribution in [2.24, 2.45) is 5.84 Å². The molecule has 5 heteroatoms. The summed E-state index contributed by atoms with van der Waals surface area (Å²) in [7, 11) is 0. The van der Waals surface area contributed by atoms with Crippen LogP contribution >= 0.6 is 15.9 Å². The average Bonchev–Trinajstić information content (AvgIpc) is 3.04. The molecular weight excluding hydrogens is 328 g/mol. The van der Waals surface area contributed by atoms with Gasteiger partial charge >= 0.3 is 0 Å². The van der Waals surface area contributed by atoms with Crippen molar-refractivity contribution in [1.29, 1.82) is 0 Å². The highest BCUT2D eigenvalue weighted by molar-refractivity contribution is 9.10. The van der Waals surface area contributed by atoms with E-state index in [9.17, 15) is 0 Å². The van der Waals surface area contributed by atoms with Gasteiger partial charge in [-0.25, -0.2) is 15.8 Å². The predicted octanol–water partition coefficient (Wildman–Crippen LogP) is 4.16. The fraction of sp³-hybridized carbons (Fsp3) is 0.375. The molecule has 1 aromatic heterocycles. The van der Waals surface area contributed by atoms with E-state index < -0.39 is 0 Å². The SMILES string of the molecule is Cc1cc(-c2nc(NN)cc(C3CCCC3)n2)ccc1Br. The second kappa shape index (κ2) is 6.12. The van der Waals surface area contributed by atoms with Crippen LogP contribution in [0.25, 0.3) is 11.4 Å². The van der Waals surface area contributed by atoms with Crippen molar-refractivity contribution < 1.29 is 0 Å². The molecule has 2 aromatic rings. The van der Waals surface area contributed by atoms with Crippen LogP contribution in [0.4, 0.5) is 5.82 Å². The molecule has 1 fully saturated rings. The van der Waals surface area contributed by atoms with Crippen molar-refractivity contribution in [2.75, 3.05) is 5.43 Å². The highest BCUT2D eigenvalue weighted by atomic mass is 79.9. The Labute approximate surface area is 133 Å². The number of nitrogens with one attached hydrogen (secondary N) is 1. The number of hydrazine groups is 1. The fourth-order valence-corrected chi connectivity index (χ4v) is 3.13. The van der Waals surface area contributed by atoms with Gasteiger partial charge in [-0.2, -0.15) is 0 Å². The third-order valence-electron chi connectivity index (χ3n) is 4.08. The first kappa shape index (κ1) is 14.5. The maximum atomic E-state index is 5.57. The summed E-state index contributed by atoms with van der Waals surface area (Å²) in [6, 6.07) is 8.14. The molecule has 3 N–H and O–H groups in total. The lowest BCUT2D eigenvalue weighted by atomic mass is 10.0. The number of anilines is 1. The van der Waals surface area contributed by atoms with Crippen molar-refractivity contribution in [3.63, 3.8) is 0 Å². The first-order valence-corrected chi connectivity index (χ1v) is 8.09. The number of nitrogens with two attached hydrogens (primary N) is 1. The van der Waals surface area contributed by atoms with E-state index in [0.29, 0.717) is 11.7 Å². The first-order chi connectivity index (χ1) is 10.2. The molecule has 1 aliphatic carbocycles. The lowest BCUT2D eigenvalue weighted by Crippen LogP contribution is -2.11. The zero-order valence-corrected chi connectivity index (χ0v) is 13.7. The molecule has 1 aromatic carbocycles. The van der Waals surface area contributed by atoms with Crippen LogP contribution in [-0.4, -0.2) is 9.97 Å². The maximum absolute atomic E-state index is 5.57. The van der Waals surface area contributed by atoms with E-state index in [-0.39, 0.29) is 0 Å². The Bertz CT molecular complexity index is 651. The quantitative estimate of drug-likeness (QED) is 0.646. The normalized spacial score (nSPS) is 15.4. The van der Waals surface area contributed by atoms with Crippen molar-refractivity contribution >= 4 is 21.7 Å². The molecule has 3 rings (SSSR count). The van der Waals surface area contributed by atoms with Crippen molar-refractivity contribution in [2.45, 2.75) is 38.5 Å². The van der Waals surface area contributed by atoms with Gasteiger partial charge in [0.05, 0.1) is 0 Å². The Morgan fingerprint density at radius 2 is 1.95 bits per heavy atom. The van der Waals surface area contributed by atoms with E-state index in [1.165, 1.54) is 31.2 Å². The molecule has 0 aliphatic heterocycles. The number of hydrogen-bond acceptors (Lipinski definition) is 4. The summed E-state index contributed by atoms with van der Waals surface area (Å²) in [5.74, 6) is 7.53. The minimum absolute atomic E-state index is 0.537. The van der Waals surface area contributed by atoms with E-state index >= 15 is 0 Å². The van der Waals surface area contributed by atoms with Crippen LogP contribution in [0.15, 0.2) is 28.7 Å². The van der Waals surface area contributed by atoms with Gasteiger partial charge in [0.2, 0.25) is 0 Å². The van der Waals surface area contributed by atoms with Gasteiger partial charge in [0.25, 0.3) is 0 Å². The Morgan fingerprint density at radius 1 is 1.19 bits per heavy atom. The highest BCUT2D eigenvalue weighted by Crippen LogP contribution is 2.34. The van der Waals surface area contributed by atoms with Crippen LogP contribution < -0.4 is 11.3 Å². The van der Waals surface area contributed by atoms with Gasteiger partial charge < -0.3 is 5.43 Å². The second-order valence-corrected chi connectivity index (χ2v) is 6.45. The van der Waals surface area contributed by atoms with Crippen molar-refractivity contribution in [3.8, 4) is 11.4 Å². The minimum atomic E-state index is 0.537. The summed E-state index contributed by atoms with van der Waals surface area (Å²) in [4.78, 5) is 9.28. The summed E-state index contributed by atoms with van der Waals surface area (Å²) in [6.45, 7) is 2.07. The molecule has 4 nitrogen and oxygen atoms in total. The molecule has 0 unspecified atom stereocenters. The molecule has 0 bridgehead atoms. The van der Waals surface area contributed by atoms with E-state index in [4.69, 9.17) is 10.8 Å². The van der Waals surface area contributed by atoms with Gasteiger partial charge in [0, 0.05) is 27.7 Å². The molecule has 1 heterocycles. The summed E-state index contributed by atoms with van der Waals surface area (Å²) >= 11 is 3.53. The van der Waals surface area contributed by atoms with E-state index in [1.54, 1.807) is 0 Å². The average molecular weight is 347 g/mol. The molecule has 110 valence electrons. The standard InChI is InChI=1S/C16H19BrN4/c1-10-8-12(6-7-13(10)17)16-19-14(9-15(20-16)21-18)11-4-2-3-5-11/h6-9,11H,2-5,18H2,1H3,(H,19,20,21). The first-order valence-electron chi connectivity index (χ1n) is 7.29. The Hall–Kier alpha value is -1.46. The molecule has 0 radical (unpaired) electrons. The monoisotopic (exact) mass is 346 g/mol. The molecule has 0 saturated heterocycles. The maximum Gasteiger partial charge on any atom is 0.161 e. The molecule has 0 spiro atoms. The van der Waals surface area contributed by atoms with Crippen molar-refractivity contribution in [3.05, 3.63) is 40.0 Å². The lowest BCUT2D eigenvalue weighted by molar-refractivity contribution is 0.695. The summed E-state index contributed by atoms with van der Waals surface area (Å²) in [5.41, 5.74) is 5.96. The number of aryl methyl sites for hydroxylation is 1. The van der Waals surface area contributed by atoms with Gasteiger partial charge in [-0.05, 0) is 37.5 Å². The van der Waals surface area contributed by atoms with Crippen molar-refractivity contribution in [1.82, 2.24) is 9.97 Å². The number of aromatic nitrogens is 2. The summed E-state index contributed by atoms with van der Waals surface area (Å²) in [5, 5.41) is 0. The Kier molecular flexibility index (Phi) is 4.22. The van der Waals surface area contributed by atoms with E-state index in [2.05, 4.69) is 39.3 Å². The predicted molar refractivity (Wildman–Crippen MR) is 88.9 cm³/mol. The zero-order chi connectivity index (χ0) is 14.8. The van der Waals surface area contributed by atoms with E-state index in [0.717, 1.165) is 21.6 Å². The number of nitrogen functional groups attached to an aromatic ring is 1. The second-order valence-electron chi connectivity index (χ2n) is 5.59. The van der Waals surface area contributed by atoms with Gasteiger partial charge in [0.15, 0.2) is 5.82 Å². The zero-order valence-electron chi connectivity index (χ0n) is 12.1. The smallest absolute Gasteiger partial charge is 0.161 e. The number of halogens is 1. The molecule has 0 amide bonds. The number of hydrogen-bond donors (Lipinski definition) is 2. The topological polar surface area (TPSA) is 63.8 Å². The van der Waals surface area contributed by atoms with Gasteiger partial charge in [-0.15, -0.1) is 0 Å². The lowest BCUT2D eigenvalue weighted by Gasteiger charge is -2.12.